The van der Waals surface area contributed by atoms with E-state index >= 15 is 0 Å². The lowest BCUT2D eigenvalue weighted by Crippen LogP contribution is -2.01. The van der Waals surface area contributed by atoms with Crippen LogP contribution in [0.15, 0.2) is 54.6 Å². The molecular formula is C17H13ClO3. The van der Waals surface area contributed by atoms with Crippen molar-refractivity contribution in [1.82, 2.24) is 0 Å². The van der Waals surface area contributed by atoms with Crippen molar-refractivity contribution in [3.63, 3.8) is 0 Å². The molecule has 0 radical (unpaired) electrons. The van der Waals surface area contributed by atoms with Gasteiger partial charge >= 0.3 is 5.97 Å². The van der Waals surface area contributed by atoms with Crippen LogP contribution in [0, 0.1) is 0 Å². The van der Waals surface area contributed by atoms with Crippen LogP contribution >= 0.6 is 11.6 Å². The van der Waals surface area contributed by atoms with E-state index in [2.05, 4.69) is 0 Å². The van der Waals surface area contributed by atoms with E-state index in [1.165, 1.54) is 13.0 Å². The third kappa shape index (κ3) is 4.58. The van der Waals surface area contributed by atoms with E-state index < -0.39 is 0 Å². The van der Waals surface area contributed by atoms with Gasteiger partial charge in [0.15, 0.2) is 5.78 Å². The summed E-state index contributed by atoms with van der Waals surface area (Å²) in [5, 5.41) is 0.588. The molecule has 0 heterocycles. The predicted octanol–water partition coefficient (Wildman–Crippen LogP) is 4.16. The maximum absolute atomic E-state index is 12.0. The molecule has 0 aromatic heterocycles. The lowest BCUT2D eigenvalue weighted by Gasteiger charge is -2.01. The zero-order chi connectivity index (χ0) is 15.2. The number of hydrogen-bond donors (Lipinski definition) is 0. The molecule has 2 aromatic carbocycles. The molecule has 4 heteroatoms. The fourth-order valence-electron chi connectivity index (χ4n) is 1.73. The van der Waals surface area contributed by atoms with Gasteiger partial charge in [0.2, 0.25) is 0 Å². The van der Waals surface area contributed by atoms with Crippen LogP contribution in [-0.2, 0) is 4.79 Å². The monoisotopic (exact) mass is 300 g/mol. The minimum Gasteiger partial charge on any atom is -0.427 e. The molecule has 0 aliphatic heterocycles. The maximum Gasteiger partial charge on any atom is 0.308 e. The van der Waals surface area contributed by atoms with Crippen molar-refractivity contribution in [2.75, 3.05) is 0 Å². The fourth-order valence-corrected chi connectivity index (χ4v) is 1.86. The molecule has 0 atom stereocenters. The summed E-state index contributed by atoms with van der Waals surface area (Å²) >= 11 is 5.78. The number of rotatable bonds is 4. The van der Waals surface area contributed by atoms with E-state index in [-0.39, 0.29) is 11.8 Å². The van der Waals surface area contributed by atoms with E-state index in [4.69, 9.17) is 16.3 Å². The Hall–Kier alpha value is -2.39. The quantitative estimate of drug-likeness (QED) is 0.368. The van der Waals surface area contributed by atoms with Crippen molar-refractivity contribution in [3.8, 4) is 5.75 Å². The summed E-state index contributed by atoms with van der Waals surface area (Å²) in [6, 6.07) is 13.6. The molecule has 2 rings (SSSR count). The van der Waals surface area contributed by atoms with Crippen molar-refractivity contribution in [3.05, 3.63) is 70.8 Å². The number of ether oxygens (including phenoxy) is 1. The lowest BCUT2D eigenvalue weighted by atomic mass is 10.1. The van der Waals surface area contributed by atoms with E-state index in [1.54, 1.807) is 48.5 Å². The Balaban J connectivity index is 2.11. The van der Waals surface area contributed by atoms with Crippen LogP contribution in [0.2, 0.25) is 5.02 Å². The molecule has 0 aliphatic carbocycles. The highest BCUT2D eigenvalue weighted by Gasteiger charge is 2.02. The summed E-state index contributed by atoms with van der Waals surface area (Å²) < 4.78 is 4.99. The summed E-state index contributed by atoms with van der Waals surface area (Å²) in [5.74, 6) is -0.0541. The van der Waals surface area contributed by atoms with Crippen molar-refractivity contribution in [2.45, 2.75) is 6.92 Å². The highest BCUT2D eigenvalue weighted by Crippen LogP contribution is 2.15. The summed E-state index contributed by atoms with van der Waals surface area (Å²) in [6.45, 7) is 1.34. The lowest BCUT2D eigenvalue weighted by molar-refractivity contribution is -0.131. The van der Waals surface area contributed by atoms with Gasteiger partial charge in [-0.25, -0.2) is 0 Å². The van der Waals surface area contributed by atoms with Crippen LogP contribution in [0.5, 0.6) is 5.75 Å². The maximum atomic E-state index is 12.0. The Morgan fingerprint density at radius 2 is 1.81 bits per heavy atom. The summed E-state index contributed by atoms with van der Waals surface area (Å²) in [5.41, 5.74) is 1.34. The first-order valence-electron chi connectivity index (χ1n) is 6.31. The van der Waals surface area contributed by atoms with E-state index in [0.29, 0.717) is 16.3 Å². The van der Waals surface area contributed by atoms with Gasteiger partial charge in [-0.3, -0.25) is 9.59 Å². The molecule has 0 aliphatic rings. The van der Waals surface area contributed by atoms with Crippen LogP contribution in [0.3, 0.4) is 0 Å². The second-order valence-corrected chi connectivity index (χ2v) is 4.81. The van der Waals surface area contributed by atoms with Gasteiger partial charge in [0.1, 0.15) is 5.75 Å². The van der Waals surface area contributed by atoms with E-state index in [9.17, 15) is 9.59 Å². The minimum absolute atomic E-state index is 0.121. The van der Waals surface area contributed by atoms with Crippen LogP contribution in [0.4, 0.5) is 0 Å². The molecule has 0 amide bonds. The number of allylic oxidation sites excluding steroid dienone is 1. The number of hydrogen-bond acceptors (Lipinski definition) is 3. The standard InChI is InChI=1S/C17H13ClO3/c1-12(19)21-16-4-2-3-13(11-16)5-10-17(20)14-6-8-15(18)9-7-14/h2-11H,1H3/b10-5+. The van der Waals surface area contributed by atoms with Crippen molar-refractivity contribution in [1.29, 1.82) is 0 Å². The Morgan fingerprint density at radius 1 is 1.10 bits per heavy atom. The molecule has 0 saturated heterocycles. The third-order valence-corrected chi connectivity index (χ3v) is 2.93. The molecule has 106 valence electrons. The topological polar surface area (TPSA) is 43.4 Å². The second kappa shape index (κ2) is 6.86. The molecule has 21 heavy (non-hydrogen) atoms. The average Bonchev–Trinajstić information content (AvgIpc) is 2.45. The largest absolute Gasteiger partial charge is 0.427 e. The number of carbonyl (C=O) groups excluding carboxylic acids is 2. The third-order valence-electron chi connectivity index (χ3n) is 2.68. The number of esters is 1. The van der Waals surface area contributed by atoms with Crippen LogP contribution < -0.4 is 4.74 Å². The molecule has 0 bridgehead atoms. The Kier molecular flexibility index (Phi) is 4.90. The summed E-state index contributed by atoms with van der Waals surface area (Å²) in [6.07, 6.45) is 3.14. The van der Waals surface area contributed by atoms with Crippen molar-refractivity contribution >= 4 is 29.4 Å². The average molecular weight is 301 g/mol. The van der Waals surface area contributed by atoms with Gasteiger partial charge in [-0.2, -0.15) is 0 Å². The van der Waals surface area contributed by atoms with Gasteiger partial charge in [0.25, 0.3) is 0 Å². The van der Waals surface area contributed by atoms with Crippen molar-refractivity contribution < 1.29 is 14.3 Å². The molecule has 3 nitrogen and oxygen atoms in total. The molecular weight excluding hydrogens is 288 g/mol. The first-order chi connectivity index (χ1) is 10.0. The number of ketones is 1. The SMILES string of the molecule is CC(=O)Oc1cccc(/C=C/C(=O)c2ccc(Cl)cc2)c1. The summed E-state index contributed by atoms with van der Waals surface area (Å²) in [7, 11) is 0. The zero-order valence-corrected chi connectivity index (χ0v) is 12.1. The molecule has 0 unspecified atom stereocenters. The first-order valence-corrected chi connectivity index (χ1v) is 6.69. The number of benzene rings is 2. The molecule has 2 aromatic rings. The van der Waals surface area contributed by atoms with Crippen LogP contribution in [-0.4, -0.2) is 11.8 Å². The number of halogens is 1. The van der Waals surface area contributed by atoms with Crippen molar-refractivity contribution in [2.24, 2.45) is 0 Å². The molecule has 0 N–H and O–H groups in total. The van der Waals surface area contributed by atoms with E-state index in [1.807, 2.05) is 6.07 Å². The van der Waals surface area contributed by atoms with Gasteiger partial charge < -0.3 is 4.74 Å². The van der Waals surface area contributed by atoms with Gasteiger partial charge in [0.05, 0.1) is 0 Å². The van der Waals surface area contributed by atoms with Crippen LogP contribution in [0.1, 0.15) is 22.8 Å². The van der Waals surface area contributed by atoms with Gasteiger partial charge in [-0.05, 0) is 48.0 Å². The minimum atomic E-state index is -0.381. The summed E-state index contributed by atoms with van der Waals surface area (Å²) in [4.78, 5) is 22.9. The molecule has 0 spiro atoms. The predicted molar refractivity (Wildman–Crippen MR) is 82.6 cm³/mol. The Bertz CT molecular complexity index is 687. The zero-order valence-electron chi connectivity index (χ0n) is 11.4. The smallest absolute Gasteiger partial charge is 0.308 e. The highest BCUT2D eigenvalue weighted by atomic mass is 35.5. The normalized spacial score (nSPS) is 10.6. The van der Waals surface area contributed by atoms with Gasteiger partial charge in [-0.1, -0.05) is 29.8 Å². The van der Waals surface area contributed by atoms with Crippen LogP contribution in [0.25, 0.3) is 6.08 Å². The Labute approximate surface area is 127 Å². The van der Waals surface area contributed by atoms with Gasteiger partial charge in [0, 0.05) is 17.5 Å². The fraction of sp³-hybridized carbons (Fsp3) is 0.0588. The molecule has 0 fully saturated rings. The number of carbonyl (C=O) groups is 2. The Morgan fingerprint density at radius 3 is 2.48 bits per heavy atom. The highest BCUT2D eigenvalue weighted by molar-refractivity contribution is 6.30. The van der Waals surface area contributed by atoms with E-state index in [0.717, 1.165) is 5.56 Å². The van der Waals surface area contributed by atoms with Gasteiger partial charge in [-0.15, -0.1) is 0 Å². The molecule has 0 saturated carbocycles. The second-order valence-electron chi connectivity index (χ2n) is 4.37. The first kappa shape index (κ1) is 15.0.